The second-order valence-electron chi connectivity index (χ2n) is 8.13. The number of nitrogens with zero attached hydrogens (tertiary/aromatic N) is 5. The Morgan fingerprint density at radius 1 is 1.09 bits per heavy atom. The highest BCUT2D eigenvalue weighted by atomic mass is 19.4. The molecule has 1 aromatic carbocycles. The molecule has 35 heavy (non-hydrogen) atoms. The van der Waals surface area contributed by atoms with Gasteiger partial charge in [0.25, 0.3) is 5.56 Å². The molecule has 0 amide bonds. The number of methoxy groups -OCH3 is 1. The number of H-pyrrole nitrogens is 1. The number of ether oxygens (including phenoxy) is 1. The van der Waals surface area contributed by atoms with E-state index in [2.05, 4.69) is 15.1 Å². The zero-order valence-electron chi connectivity index (χ0n) is 19.5. The molecule has 0 aliphatic heterocycles. The molecule has 4 aromatic rings. The van der Waals surface area contributed by atoms with E-state index in [1.54, 1.807) is 6.20 Å². The molecule has 3 aromatic heterocycles. The highest BCUT2D eigenvalue weighted by Gasteiger charge is 2.34. The standard InChI is InChI=1S/C23H25F3N6O3/c1-4-8-31-20-18(21(33)32(9-5-2)22(31)34)28-19(29-20)15-11-27-30(13-15)12-14-6-7-17(35-3)16(10-14)23(24,25)26/h6-7,10-11,13H,4-5,8-9,12H2,1-3H3,(H,28,29). The van der Waals surface area contributed by atoms with E-state index in [1.807, 2.05) is 13.8 Å². The summed E-state index contributed by atoms with van der Waals surface area (Å²) >= 11 is 0. The smallest absolute Gasteiger partial charge is 0.419 e. The van der Waals surface area contributed by atoms with E-state index in [1.165, 1.54) is 39.3 Å². The maximum Gasteiger partial charge on any atom is 0.419 e. The first-order chi connectivity index (χ1) is 16.7. The summed E-state index contributed by atoms with van der Waals surface area (Å²) < 4.78 is 49.0. The monoisotopic (exact) mass is 490 g/mol. The molecule has 0 spiro atoms. The molecule has 4 rings (SSSR count). The van der Waals surface area contributed by atoms with Gasteiger partial charge in [0.05, 0.1) is 31.0 Å². The van der Waals surface area contributed by atoms with E-state index in [0.29, 0.717) is 42.9 Å². The van der Waals surface area contributed by atoms with Gasteiger partial charge < -0.3 is 9.72 Å². The minimum atomic E-state index is -4.55. The van der Waals surface area contributed by atoms with Crippen LogP contribution in [0.4, 0.5) is 13.2 Å². The Kier molecular flexibility index (Phi) is 6.55. The molecule has 186 valence electrons. The molecule has 0 atom stereocenters. The van der Waals surface area contributed by atoms with Crippen molar-refractivity contribution in [1.82, 2.24) is 28.9 Å². The molecule has 0 aliphatic rings. The van der Waals surface area contributed by atoms with Crippen molar-refractivity contribution in [3.05, 3.63) is 62.6 Å². The Balaban J connectivity index is 1.71. The Morgan fingerprint density at radius 3 is 2.46 bits per heavy atom. The van der Waals surface area contributed by atoms with E-state index < -0.39 is 23.0 Å². The van der Waals surface area contributed by atoms with Crippen LogP contribution in [-0.2, 0) is 25.8 Å². The number of rotatable bonds is 8. The molecule has 0 unspecified atom stereocenters. The number of hydrogen-bond acceptors (Lipinski definition) is 5. The molecule has 0 saturated carbocycles. The second-order valence-corrected chi connectivity index (χ2v) is 8.13. The highest BCUT2D eigenvalue weighted by Crippen LogP contribution is 2.36. The van der Waals surface area contributed by atoms with Crippen molar-refractivity contribution in [2.24, 2.45) is 0 Å². The quantitative estimate of drug-likeness (QED) is 0.407. The molecule has 0 aliphatic carbocycles. The molecule has 0 fully saturated rings. The topological polar surface area (TPSA) is 99.7 Å². The summed E-state index contributed by atoms with van der Waals surface area (Å²) in [5.74, 6) is 0.0871. The van der Waals surface area contributed by atoms with Crippen LogP contribution in [0.3, 0.4) is 0 Å². The number of benzene rings is 1. The van der Waals surface area contributed by atoms with Crippen molar-refractivity contribution in [3.63, 3.8) is 0 Å². The summed E-state index contributed by atoms with van der Waals surface area (Å²) in [5, 5.41) is 4.23. The Morgan fingerprint density at radius 2 is 1.80 bits per heavy atom. The number of alkyl halides is 3. The minimum Gasteiger partial charge on any atom is -0.496 e. The largest absolute Gasteiger partial charge is 0.496 e. The molecule has 0 saturated heterocycles. The van der Waals surface area contributed by atoms with E-state index in [4.69, 9.17) is 4.74 Å². The maximum absolute atomic E-state index is 13.3. The first-order valence-electron chi connectivity index (χ1n) is 11.2. The lowest BCUT2D eigenvalue weighted by molar-refractivity contribution is -0.138. The van der Waals surface area contributed by atoms with Gasteiger partial charge in [0, 0.05) is 19.3 Å². The van der Waals surface area contributed by atoms with Crippen LogP contribution in [0.5, 0.6) is 5.75 Å². The predicted octanol–water partition coefficient (Wildman–Crippen LogP) is 3.65. The normalized spacial score (nSPS) is 11.9. The number of fused-ring (bicyclic) bond motifs is 1. The molecule has 9 nitrogen and oxygen atoms in total. The third kappa shape index (κ3) is 4.60. The van der Waals surface area contributed by atoms with Gasteiger partial charge in [-0.1, -0.05) is 19.9 Å². The lowest BCUT2D eigenvalue weighted by atomic mass is 10.1. The fourth-order valence-corrected chi connectivity index (χ4v) is 3.98. The third-order valence-corrected chi connectivity index (χ3v) is 5.58. The summed E-state index contributed by atoms with van der Waals surface area (Å²) in [5.41, 5.74) is -0.303. The predicted molar refractivity (Wildman–Crippen MR) is 124 cm³/mol. The van der Waals surface area contributed by atoms with Gasteiger partial charge in [0.15, 0.2) is 5.65 Å². The van der Waals surface area contributed by atoms with Gasteiger partial charge in [0.2, 0.25) is 0 Å². The number of aromatic nitrogens is 6. The zero-order valence-corrected chi connectivity index (χ0v) is 19.5. The van der Waals surface area contributed by atoms with Crippen LogP contribution in [0.25, 0.3) is 22.6 Å². The van der Waals surface area contributed by atoms with Crippen LogP contribution >= 0.6 is 0 Å². The van der Waals surface area contributed by atoms with Gasteiger partial charge in [-0.05, 0) is 30.5 Å². The van der Waals surface area contributed by atoms with Crippen LogP contribution in [0, 0.1) is 0 Å². The van der Waals surface area contributed by atoms with E-state index >= 15 is 0 Å². The van der Waals surface area contributed by atoms with E-state index in [0.717, 1.165) is 6.07 Å². The molecule has 12 heteroatoms. The van der Waals surface area contributed by atoms with Gasteiger partial charge in [-0.15, -0.1) is 0 Å². The van der Waals surface area contributed by atoms with Crippen LogP contribution in [0.2, 0.25) is 0 Å². The first kappa shape index (κ1) is 24.3. The highest BCUT2D eigenvalue weighted by molar-refractivity contribution is 5.75. The van der Waals surface area contributed by atoms with Crippen LogP contribution in [0.1, 0.15) is 37.8 Å². The second kappa shape index (κ2) is 9.43. The molecular formula is C23H25F3N6O3. The van der Waals surface area contributed by atoms with Gasteiger partial charge in [0.1, 0.15) is 17.1 Å². The van der Waals surface area contributed by atoms with Crippen molar-refractivity contribution >= 4 is 11.2 Å². The number of hydrogen-bond donors (Lipinski definition) is 1. The lowest BCUT2D eigenvalue weighted by Gasteiger charge is -2.13. The fourth-order valence-electron chi connectivity index (χ4n) is 3.98. The lowest BCUT2D eigenvalue weighted by Crippen LogP contribution is -2.40. The molecular weight excluding hydrogens is 465 g/mol. The van der Waals surface area contributed by atoms with Crippen molar-refractivity contribution in [2.45, 2.75) is 52.5 Å². The SMILES string of the molecule is CCCn1c(=O)c2[nH]c(-c3cnn(Cc4ccc(OC)c(C(F)(F)F)c4)c3)nc2n(CCC)c1=O. The molecule has 1 N–H and O–H groups in total. The average Bonchev–Trinajstić information content (AvgIpc) is 3.46. The third-order valence-electron chi connectivity index (χ3n) is 5.58. The van der Waals surface area contributed by atoms with Crippen molar-refractivity contribution in [3.8, 4) is 17.1 Å². The van der Waals surface area contributed by atoms with Crippen LogP contribution < -0.4 is 16.0 Å². The maximum atomic E-state index is 13.3. The average molecular weight is 490 g/mol. The molecule has 0 radical (unpaired) electrons. The van der Waals surface area contributed by atoms with Crippen molar-refractivity contribution in [1.29, 1.82) is 0 Å². The van der Waals surface area contributed by atoms with Gasteiger partial charge >= 0.3 is 11.9 Å². The summed E-state index contributed by atoms with van der Waals surface area (Å²) in [7, 11) is 1.19. The number of nitrogens with one attached hydrogen (secondary N) is 1. The van der Waals surface area contributed by atoms with Gasteiger partial charge in [-0.3, -0.25) is 18.6 Å². The summed E-state index contributed by atoms with van der Waals surface area (Å²) in [6.45, 7) is 4.59. The number of imidazole rings is 1. The number of halogens is 3. The Bertz CT molecular complexity index is 1480. The number of aryl methyl sites for hydroxylation is 1. The number of aromatic amines is 1. The van der Waals surface area contributed by atoms with Gasteiger partial charge in [-0.25, -0.2) is 9.78 Å². The fraction of sp³-hybridized carbons (Fsp3) is 0.391. The summed E-state index contributed by atoms with van der Waals surface area (Å²) in [6, 6.07) is 3.84. The Hall–Kier alpha value is -3.83. The zero-order chi connectivity index (χ0) is 25.3. The van der Waals surface area contributed by atoms with Crippen molar-refractivity contribution in [2.75, 3.05) is 7.11 Å². The van der Waals surface area contributed by atoms with Crippen LogP contribution in [0.15, 0.2) is 40.2 Å². The van der Waals surface area contributed by atoms with Gasteiger partial charge in [-0.2, -0.15) is 18.3 Å². The first-order valence-corrected chi connectivity index (χ1v) is 11.2. The van der Waals surface area contributed by atoms with Crippen molar-refractivity contribution < 1.29 is 17.9 Å². The molecule has 0 bridgehead atoms. The van der Waals surface area contributed by atoms with E-state index in [9.17, 15) is 22.8 Å². The summed E-state index contributed by atoms with van der Waals surface area (Å²) in [6.07, 6.45) is -0.131. The van der Waals surface area contributed by atoms with Crippen LogP contribution in [-0.4, -0.2) is 36.0 Å². The molecule has 3 heterocycles. The Labute approximate surface area is 197 Å². The van der Waals surface area contributed by atoms with E-state index in [-0.39, 0.29) is 23.5 Å². The minimum absolute atomic E-state index is 0.0805. The summed E-state index contributed by atoms with van der Waals surface area (Å²) in [4.78, 5) is 33.2.